The molecule has 140 valence electrons. The number of carbonyl (C=O) groups is 2. The predicted octanol–water partition coefficient (Wildman–Crippen LogP) is 2.63. The van der Waals surface area contributed by atoms with Gasteiger partial charge in [0.05, 0.1) is 16.5 Å². The molecule has 27 heavy (non-hydrogen) atoms. The van der Waals surface area contributed by atoms with Crippen molar-refractivity contribution in [3.05, 3.63) is 58.9 Å². The van der Waals surface area contributed by atoms with Crippen molar-refractivity contribution in [2.75, 3.05) is 12.4 Å². The average molecular weight is 386 g/mol. The maximum Gasteiger partial charge on any atom is 0.274 e. The van der Waals surface area contributed by atoms with Crippen LogP contribution < -0.4 is 11.1 Å². The van der Waals surface area contributed by atoms with Gasteiger partial charge in [0, 0.05) is 18.9 Å². The zero-order chi connectivity index (χ0) is 19.8. The Bertz CT molecular complexity index is 928. The zero-order valence-electron chi connectivity index (χ0n) is 15.2. The number of anilines is 1. The highest BCUT2D eigenvalue weighted by Gasteiger charge is 2.43. The molecule has 2 aromatic rings. The smallest absolute Gasteiger partial charge is 0.274 e. The number of carbonyl (C=O) groups excluding carboxylic acids is 2. The monoisotopic (exact) mass is 385 g/mol. The lowest BCUT2D eigenvalue weighted by Gasteiger charge is -2.39. The summed E-state index contributed by atoms with van der Waals surface area (Å²) < 4.78 is 0. The van der Waals surface area contributed by atoms with Gasteiger partial charge in [-0.2, -0.15) is 0 Å². The number of amides is 2. The molecular weight excluding hydrogens is 366 g/mol. The van der Waals surface area contributed by atoms with Crippen LogP contribution in [0.4, 0.5) is 5.69 Å². The Morgan fingerprint density at radius 3 is 2.74 bits per heavy atom. The number of hydrogen-bond donors (Lipinski definition) is 2. The SMILES string of the molecule is CC1C(=O)N(C)C(N)=NC1(C)c1cccc(NC(=O)c2ccc(Cl)cn2)c1. The third-order valence-electron chi connectivity index (χ3n) is 4.90. The van der Waals surface area contributed by atoms with Crippen LogP contribution in [0.2, 0.25) is 5.02 Å². The molecule has 0 radical (unpaired) electrons. The molecule has 3 rings (SSSR count). The first-order valence-corrected chi connectivity index (χ1v) is 8.76. The maximum absolute atomic E-state index is 12.5. The van der Waals surface area contributed by atoms with Crippen LogP contribution in [0.1, 0.15) is 29.9 Å². The number of pyridine rings is 1. The molecular formula is C19H20ClN5O2. The topological polar surface area (TPSA) is 101 Å². The second kappa shape index (κ2) is 7.00. The first-order valence-electron chi connectivity index (χ1n) is 8.38. The molecule has 0 bridgehead atoms. The van der Waals surface area contributed by atoms with E-state index in [1.54, 1.807) is 37.4 Å². The number of hydrogen-bond acceptors (Lipinski definition) is 5. The summed E-state index contributed by atoms with van der Waals surface area (Å²) in [6, 6.07) is 10.4. The highest BCUT2D eigenvalue weighted by Crippen LogP contribution is 2.38. The minimum Gasteiger partial charge on any atom is -0.369 e. The Hall–Kier alpha value is -2.93. The number of aromatic nitrogens is 1. The van der Waals surface area contributed by atoms with Crippen molar-refractivity contribution in [3.8, 4) is 0 Å². The van der Waals surface area contributed by atoms with E-state index in [4.69, 9.17) is 17.3 Å². The number of benzene rings is 1. The summed E-state index contributed by atoms with van der Waals surface area (Å²) in [5, 5.41) is 3.26. The second-order valence-corrected chi connectivity index (χ2v) is 7.07. The van der Waals surface area contributed by atoms with Gasteiger partial charge < -0.3 is 11.1 Å². The van der Waals surface area contributed by atoms with Crippen LogP contribution in [-0.2, 0) is 10.3 Å². The van der Waals surface area contributed by atoms with Crippen molar-refractivity contribution in [1.29, 1.82) is 0 Å². The molecule has 0 saturated heterocycles. The molecule has 2 atom stereocenters. The molecule has 2 heterocycles. The molecule has 2 unspecified atom stereocenters. The van der Waals surface area contributed by atoms with E-state index in [0.29, 0.717) is 10.7 Å². The molecule has 0 aliphatic carbocycles. The highest BCUT2D eigenvalue weighted by atomic mass is 35.5. The fraction of sp³-hybridized carbons (Fsp3) is 0.263. The normalized spacial score (nSPS) is 22.4. The lowest BCUT2D eigenvalue weighted by atomic mass is 9.79. The second-order valence-electron chi connectivity index (χ2n) is 6.63. The molecule has 1 aliphatic rings. The number of guanidine groups is 1. The average Bonchev–Trinajstić information content (AvgIpc) is 2.65. The number of halogens is 1. The number of nitrogens with one attached hydrogen (secondary N) is 1. The van der Waals surface area contributed by atoms with Crippen LogP contribution in [0, 0.1) is 5.92 Å². The molecule has 1 aromatic heterocycles. The van der Waals surface area contributed by atoms with Crippen LogP contribution in [0.25, 0.3) is 0 Å². The van der Waals surface area contributed by atoms with Crippen molar-refractivity contribution in [1.82, 2.24) is 9.88 Å². The largest absolute Gasteiger partial charge is 0.369 e. The summed E-state index contributed by atoms with van der Waals surface area (Å²) >= 11 is 5.80. The van der Waals surface area contributed by atoms with E-state index in [1.165, 1.54) is 11.1 Å². The first kappa shape index (κ1) is 18.8. The van der Waals surface area contributed by atoms with E-state index in [9.17, 15) is 9.59 Å². The van der Waals surface area contributed by atoms with Gasteiger partial charge >= 0.3 is 0 Å². The van der Waals surface area contributed by atoms with E-state index in [0.717, 1.165) is 5.56 Å². The lowest BCUT2D eigenvalue weighted by molar-refractivity contribution is -0.133. The van der Waals surface area contributed by atoms with Gasteiger partial charge in [-0.1, -0.05) is 30.7 Å². The van der Waals surface area contributed by atoms with E-state index in [-0.39, 0.29) is 23.5 Å². The molecule has 0 fully saturated rings. The fourth-order valence-electron chi connectivity index (χ4n) is 2.99. The van der Waals surface area contributed by atoms with E-state index in [1.807, 2.05) is 19.9 Å². The van der Waals surface area contributed by atoms with Crippen LogP contribution in [0.15, 0.2) is 47.6 Å². The number of aliphatic imine (C=N–C) groups is 1. The summed E-state index contributed by atoms with van der Waals surface area (Å²) in [5.41, 5.74) is 6.69. The molecule has 0 saturated carbocycles. The van der Waals surface area contributed by atoms with Crippen molar-refractivity contribution in [3.63, 3.8) is 0 Å². The summed E-state index contributed by atoms with van der Waals surface area (Å²) in [7, 11) is 1.60. The number of nitrogens with zero attached hydrogens (tertiary/aromatic N) is 3. The summed E-state index contributed by atoms with van der Waals surface area (Å²) in [6.45, 7) is 3.68. The van der Waals surface area contributed by atoms with Crippen molar-refractivity contribution in [2.24, 2.45) is 16.6 Å². The van der Waals surface area contributed by atoms with Crippen LogP contribution >= 0.6 is 11.6 Å². The van der Waals surface area contributed by atoms with Gasteiger partial charge in [0.2, 0.25) is 5.91 Å². The Morgan fingerprint density at radius 1 is 1.33 bits per heavy atom. The molecule has 1 aliphatic heterocycles. The van der Waals surface area contributed by atoms with Gasteiger partial charge in [-0.25, -0.2) is 9.98 Å². The summed E-state index contributed by atoms with van der Waals surface area (Å²) in [6.07, 6.45) is 1.41. The molecule has 8 heteroatoms. The number of rotatable bonds is 3. The van der Waals surface area contributed by atoms with Crippen LogP contribution in [0.3, 0.4) is 0 Å². The molecule has 1 aromatic carbocycles. The number of nitrogens with two attached hydrogens (primary N) is 1. The molecule has 0 spiro atoms. The van der Waals surface area contributed by atoms with E-state index < -0.39 is 11.5 Å². The van der Waals surface area contributed by atoms with Crippen molar-refractivity contribution >= 4 is 35.1 Å². The molecule has 7 nitrogen and oxygen atoms in total. The maximum atomic E-state index is 12.5. The molecule has 2 amide bonds. The Morgan fingerprint density at radius 2 is 2.07 bits per heavy atom. The lowest BCUT2D eigenvalue weighted by Crippen LogP contribution is -2.52. The summed E-state index contributed by atoms with van der Waals surface area (Å²) in [5.74, 6) is -0.701. The Balaban J connectivity index is 1.90. The quantitative estimate of drug-likeness (QED) is 0.847. The Kier molecular flexibility index (Phi) is 4.89. The predicted molar refractivity (Wildman–Crippen MR) is 105 cm³/mol. The standard InChI is InChI=1S/C19H20ClN5O2/c1-11-17(27)25(3)18(21)24-19(11,2)12-5-4-6-14(9-12)23-16(26)15-8-7-13(20)10-22-15/h4-11H,1-3H3,(H2,21,24)(H,23,26). The third kappa shape index (κ3) is 3.50. The minimum absolute atomic E-state index is 0.107. The van der Waals surface area contributed by atoms with Crippen molar-refractivity contribution in [2.45, 2.75) is 19.4 Å². The van der Waals surface area contributed by atoms with Gasteiger partial charge in [-0.05, 0) is 36.8 Å². The first-order chi connectivity index (χ1) is 12.7. The van der Waals surface area contributed by atoms with Crippen LogP contribution in [-0.4, -0.2) is 34.7 Å². The summed E-state index contributed by atoms with van der Waals surface area (Å²) in [4.78, 5) is 34.8. The Labute approximate surface area is 162 Å². The van der Waals surface area contributed by atoms with Crippen molar-refractivity contribution < 1.29 is 9.59 Å². The van der Waals surface area contributed by atoms with Gasteiger partial charge in [-0.3, -0.25) is 14.5 Å². The van der Waals surface area contributed by atoms with Gasteiger partial charge in [0.15, 0.2) is 5.96 Å². The highest BCUT2D eigenvalue weighted by molar-refractivity contribution is 6.30. The van der Waals surface area contributed by atoms with E-state index >= 15 is 0 Å². The minimum atomic E-state index is -0.826. The van der Waals surface area contributed by atoms with Gasteiger partial charge in [0.25, 0.3) is 5.91 Å². The van der Waals surface area contributed by atoms with Gasteiger partial charge in [-0.15, -0.1) is 0 Å². The fourth-order valence-corrected chi connectivity index (χ4v) is 3.10. The zero-order valence-corrected chi connectivity index (χ0v) is 16.0. The third-order valence-corrected chi connectivity index (χ3v) is 5.12. The van der Waals surface area contributed by atoms with Gasteiger partial charge in [0.1, 0.15) is 5.69 Å². The van der Waals surface area contributed by atoms with E-state index in [2.05, 4.69) is 15.3 Å². The van der Waals surface area contributed by atoms with Crippen LogP contribution in [0.5, 0.6) is 0 Å². The molecule has 3 N–H and O–H groups in total.